The van der Waals surface area contributed by atoms with E-state index < -0.39 is 0 Å². The number of hydrogen-bond donors (Lipinski definition) is 1. The van der Waals surface area contributed by atoms with E-state index in [1.54, 1.807) is 0 Å². The van der Waals surface area contributed by atoms with Gasteiger partial charge in [0.2, 0.25) is 0 Å². The first kappa shape index (κ1) is 9.68. The Labute approximate surface area is 91.1 Å². The third-order valence-corrected chi connectivity index (χ3v) is 2.87. The molecule has 0 radical (unpaired) electrons. The van der Waals surface area contributed by atoms with Gasteiger partial charge in [-0.2, -0.15) is 0 Å². The molecule has 1 aliphatic heterocycles. The Balaban J connectivity index is 2.22. The normalized spacial score (nSPS) is 20.4. The predicted molar refractivity (Wildman–Crippen MR) is 59.2 cm³/mol. The molecule has 3 nitrogen and oxygen atoms in total. The van der Waals surface area contributed by atoms with Crippen LogP contribution in [0.3, 0.4) is 0 Å². The van der Waals surface area contributed by atoms with Gasteiger partial charge in [0, 0.05) is 23.0 Å². The van der Waals surface area contributed by atoms with E-state index in [-0.39, 0.29) is 6.10 Å². The summed E-state index contributed by atoms with van der Waals surface area (Å²) >= 11 is 3.48. The smallest absolute Gasteiger partial charge is 0.145 e. The van der Waals surface area contributed by atoms with Gasteiger partial charge < -0.3 is 10.6 Å². The number of nitrogens with zero attached hydrogens (tertiary/aromatic N) is 1. The topological polar surface area (TPSA) is 47.6 Å². The van der Waals surface area contributed by atoms with Crippen molar-refractivity contribution in [3.63, 3.8) is 0 Å². The molecule has 0 spiro atoms. The summed E-state index contributed by atoms with van der Waals surface area (Å²) in [5, 5.41) is 4.03. The maximum atomic E-state index is 5.50. The van der Waals surface area contributed by atoms with E-state index in [1.807, 2.05) is 24.3 Å². The summed E-state index contributed by atoms with van der Waals surface area (Å²) in [6.45, 7) is 0.511. The van der Waals surface area contributed by atoms with Crippen molar-refractivity contribution in [3.8, 4) is 0 Å². The van der Waals surface area contributed by atoms with Crippen molar-refractivity contribution in [2.45, 2.75) is 12.5 Å². The van der Waals surface area contributed by atoms with E-state index in [4.69, 9.17) is 10.6 Å². The Morgan fingerprint density at radius 1 is 1.50 bits per heavy atom. The molecule has 1 atom stereocenters. The van der Waals surface area contributed by atoms with Crippen LogP contribution in [0.1, 0.15) is 12.0 Å². The standard InChI is InChI=1S/C10H11BrN2O/c11-9-4-2-1-3-8(9)10-5-7(6-12)14-13-10/h1-4,7H,5-6,12H2. The molecule has 1 aliphatic rings. The predicted octanol–water partition coefficient (Wildman–Crippen LogP) is 1.90. The zero-order valence-electron chi connectivity index (χ0n) is 7.61. The Morgan fingerprint density at radius 3 is 2.93 bits per heavy atom. The molecular formula is C10H11BrN2O. The molecule has 0 saturated carbocycles. The molecule has 1 aromatic rings. The van der Waals surface area contributed by atoms with Crippen LogP contribution in [0.2, 0.25) is 0 Å². The lowest BCUT2D eigenvalue weighted by Gasteiger charge is -2.03. The minimum absolute atomic E-state index is 0.0390. The molecular weight excluding hydrogens is 244 g/mol. The minimum Gasteiger partial charge on any atom is -0.390 e. The zero-order chi connectivity index (χ0) is 9.97. The first-order chi connectivity index (χ1) is 6.81. The van der Waals surface area contributed by atoms with Gasteiger partial charge in [0.1, 0.15) is 6.10 Å². The number of hydrogen-bond acceptors (Lipinski definition) is 3. The van der Waals surface area contributed by atoms with Gasteiger partial charge in [-0.25, -0.2) is 0 Å². The van der Waals surface area contributed by atoms with Gasteiger partial charge >= 0.3 is 0 Å². The van der Waals surface area contributed by atoms with E-state index in [0.717, 1.165) is 22.2 Å². The molecule has 1 unspecified atom stereocenters. The van der Waals surface area contributed by atoms with Crippen LogP contribution in [0.5, 0.6) is 0 Å². The second kappa shape index (κ2) is 4.11. The fourth-order valence-electron chi connectivity index (χ4n) is 1.41. The second-order valence-electron chi connectivity index (χ2n) is 3.19. The van der Waals surface area contributed by atoms with Gasteiger partial charge in [-0.1, -0.05) is 39.3 Å². The van der Waals surface area contributed by atoms with E-state index in [0.29, 0.717) is 6.54 Å². The lowest BCUT2D eigenvalue weighted by atomic mass is 10.1. The number of benzene rings is 1. The van der Waals surface area contributed by atoms with Crippen molar-refractivity contribution in [1.82, 2.24) is 0 Å². The molecule has 0 amide bonds. The molecule has 1 heterocycles. The van der Waals surface area contributed by atoms with Gasteiger partial charge in [-0.05, 0) is 6.07 Å². The second-order valence-corrected chi connectivity index (χ2v) is 4.04. The molecule has 2 N–H and O–H groups in total. The van der Waals surface area contributed by atoms with Crippen LogP contribution in [-0.4, -0.2) is 18.4 Å². The fraction of sp³-hybridized carbons (Fsp3) is 0.300. The highest BCUT2D eigenvalue weighted by molar-refractivity contribution is 9.10. The summed E-state index contributed by atoms with van der Waals surface area (Å²) in [6, 6.07) is 7.97. The summed E-state index contributed by atoms with van der Waals surface area (Å²) in [6.07, 6.45) is 0.830. The van der Waals surface area contributed by atoms with Gasteiger partial charge in [0.05, 0.1) is 5.71 Å². The zero-order valence-corrected chi connectivity index (χ0v) is 9.20. The summed E-state index contributed by atoms with van der Waals surface area (Å²) < 4.78 is 1.04. The van der Waals surface area contributed by atoms with Crippen molar-refractivity contribution < 1.29 is 4.84 Å². The minimum atomic E-state index is 0.0390. The molecule has 0 fully saturated rings. The summed E-state index contributed by atoms with van der Waals surface area (Å²) in [4.78, 5) is 5.17. The van der Waals surface area contributed by atoms with Crippen molar-refractivity contribution >= 4 is 21.6 Å². The van der Waals surface area contributed by atoms with Crippen LogP contribution in [0.25, 0.3) is 0 Å². The SMILES string of the molecule is NCC1CC(c2ccccc2Br)=NO1. The number of nitrogens with two attached hydrogens (primary N) is 1. The van der Waals surface area contributed by atoms with E-state index in [9.17, 15) is 0 Å². The summed E-state index contributed by atoms with van der Waals surface area (Å²) in [5.74, 6) is 0. The maximum absolute atomic E-state index is 5.50. The highest BCUT2D eigenvalue weighted by atomic mass is 79.9. The van der Waals surface area contributed by atoms with Crippen molar-refractivity contribution in [2.24, 2.45) is 10.9 Å². The number of oxime groups is 1. The Kier molecular flexibility index (Phi) is 2.84. The molecule has 2 rings (SSSR count). The monoisotopic (exact) mass is 254 g/mol. The largest absolute Gasteiger partial charge is 0.390 e. The number of halogens is 1. The Morgan fingerprint density at radius 2 is 2.29 bits per heavy atom. The fourth-order valence-corrected chi connectivity index (χ4v) is 1.92. The van der Waals surface area contributed by atoms with Crippen LogP contribution < -0.4 is 5.73 Å². The molecule has 4 heteroatoms. The van der Waals surface area contributed by atoms with E-state index in [1.165, 1.54) is 0 Å². The summed E-state index contributed by atoms with van der Waals surface area (Å²) in [5.41, 5.74) is 7.55. The van der Waals surface area contributed by atoms with Crippen LogP contribution in [0, 0.1) is 0 Å². The van der Waals surface area contributed by atoms with Gasteiger partial charge in [-0.15, -0.1) is 0 Å². The molecule has 74 valence electrons. The molecule has 0 saturated heterocycles. The highest BCUT2D eigenvalue weighted by Crippen LogP contribution is 2.22. The van der Waals surface area contributed by atoms with Crippen LogP contribution in [0.15, 0.2) is 33.9 Å². The highest BCUT2D eigenvalue weighted by Gasteiger charge is 2.21. The maximum Gasteiger partial charge on any atom is 0.145 e. The molecule has 0 aromatic heterocycles. The lowest BCUT2D eigenvalue weighted by Crippen LogP contribution is -2.20. The van der Waals surface area contributed by atoms with Gasteiger partial charge in [0.25, 0.3) is 0 Å². The number of rotatable bonds is 2. The first-order valence-electron chi connectivity index (χ1n) is 4.49. The van der Waals surface area contributed by atoms with Crippen molar-refractivity contribution in [2.75, 3.05) is 6.54 Å². The average Bonchev–Trinajstić information content (AvgIpc) is 2.67. The van der Waals surface area contributed by atoms with Gasteiger partial charge in [0.15, 0.2) is 0 Å². The average molecular weight is 255 g/mol. The molecule has 0 aliphatic carbocycles. The van der Waals surface area contributed by atoms with Crippen molar-refractivity contribution in [1.29, 1.82) is 0 Å². The van der Waals surface area contributed by atoms with E-state index in [2.05, 4.69) is 21.1 Å². The van der Waals surface area contributed by atoms with Gasteiger partial charge in [-0.3, -0.25) is 0 Å². The third-order valence-electron chi connectivity index (χ3n) is 2.18. The lowest BCUT2D eigenvalue weighted by molar-refractivity contribution is 0.0918. The Hall–Kier alpha value is -0.870. The third kappa shape index (κ3) is 1.81. The molecule has 14 heavy (non-hydrogen) atoms. The molecule has 1 aromatic carbocycles. The Bertz CT molecular complexity index is 365. The van der Waals surface area contributed by atoms with Crippen LogP contribution >= 0.6 is 15.9 Å². The summed E-state index contributed by atoms with van der Waals surface area (Å²) in [7, 11) is 0. The molecule has 0 bridgehead atoms. The van der Waals surface area contributed by atoms with Crippen molar-refractivity contribution in [3.05, 3.63) is 34.3 Å². The van der Waals surface area contributed by atoms with Crippen LogP contribution in [-0.2, 0) is 4.84 Å². The van der Waals surface area contributed by atoms with E-state index >= 15 is 0 Å². The van der Waals surface area contributed by atoms with Crippen LogP contribution in [0.4, 0.5) is 0 Å². The quantitative estimate of drug-likeness (QED) is 0.877. The first-order valence-corrected chi connectivity index (χ1v) is 5.28.